The molecule has 4 nitrogen and oxygen atoms in total. The van der Waals surface area contributed by atoms with Gasteiger partial charge < -0.3 is 15.8 Å². The van der Waals surface area contributed by atoms with Gasteiger partial charge in [0.1, 0.15) is 6.61 Å². The number of pyridine rings is 1. The first-order valence-corrected chi connectivity index (χ1v) is 8.84. The van der Waals surface area contributed by atoms with Crippen LogP contribution >= 0.6 is 11.3 Å². The van der Waals surface area contributed by atoms with Crippen molar-refractivity contribution in [1.82, 2.24) is 10.3 Å². The Hall–Kier alpha value is -2.21. The summed E-state index contributed by atoms with van der Waals surface area (Å²) in [6.07, 6.45) is 3.79. The van der Waals surface area contributed by atoms with Gasteiger partial charge in [0.15, 0.2) is 5.06 Å². The van der Waals surface area contributed by atoms with E-state index in [9.17, 15) is 0 Å². The highest BCUT2D eigenvalue weighted by molar-refractivity contribution is 7.12. The third-order valence-electron chi connectivity index (χ3n) is 3.67. The van der Waals surface area contributed by atoms with Crippen molar-refractivity contribution >= 4 is 11.3 Å². The molecule has 2 aromatic heterocycles. The minimum absolute atomic E-state index is 0.518. The fourth-order valence-corrected chi connectivity index (χ4v) is 3.23. The summed E-state index contributed by atoms with van der Waals surface area (Å²) >= 11 is 1.59. The topological polar surface area (TPSA) is 60.2 Å². The second-order valence-corrected chi connectivity index (χ2v) is 6.29. The number of benzene rings is 1. The van der Waals surface area contributed by atoms with Gasteiger partial charge in [-0.15, -0.1) is 11.3 Å². The molecule has 0 fully saturated rings. The second kappa shape index (κ2) is 8.59. The number of hydrogen-bond donors (Lipinski definition) is 2. The van der Waals surface area contributed by atoms with E-state index in [2.05, 4.69) is 28.5 Å². The molecule has 0 atom stereocenters. The average Bonchev–Trinajstić information content (AvgIpc) is 3.10. The maximum atomic E-state index is 5.76. The van der Waals surface area contributed by atoms with Crippen LogP contribution in [-0.2, 0) is 13.1 Å². The molecule has 0 aliphatic carbocycles. The van der Waals surface area contributed by atoms with Crippen LogP contribution in [0.3, 0.4) is 0 Å². The molecule has 0 saturated carbocycles. The van der Waals surface area contributed by atoms with Crippen molar-refractivity contribution in [2.45, 2.75) is 13.1 Å². The Morgan fingerprint density at radius 3 is 2.79 bits per heavy atom. The molecule has 0 unspecified atom stereocenters. The van der Waals surface area contributed by atoms with Gasteiger partial charge >= 0.3 is 0 Å². The van der Waals surface area contributed by atoms with Gasteiger partial charge in [0.2, 0.25) is 0 Å². The third kappa shape index (κ3) is 4.41. The molecule has 3 aromatic rings. The van der Waals surface area contributed by atoms with E-state index in [1.165, 1.54) is 5.56 Å². The fraction of sp³-hybridized carbons (Fsp3) is 0.211. The largest absolute Gasteiger partial charge is 0.482 e. The molecule has 0 aliphatic heterocycles. The summed E-state index contributed by atoms with van der Waals surface area (Å²) in [5.41, 5.74) is 10.2. The molecule has 0 aliphatic rings. The first-order chi connectivity index (χ1) is 11.9. The van der Waals surface area contributed by atoms with Crippen molar-refractivity contribution in [3.63, 3.8) is 0 Å². The van der Waals surface area contributed by atoms with Crippen LogP contribution in [-0.4, -0.2) is 18.1 Å². The Balaban J connectivity index is 1.47. The van der Waals surface area contributed by atoms with Crippen LogP contribution in [0.2, 0.25) is 0 Å². The molecule has 124 valence electrons. The van der Waals surface area contributed by atoms with E-state index in [4.69, 9.17) is 10.5 Å². The molecule has 0 amide bonds. The van der Waals surface area contributed by atoms with Crippen molar-refractivity contribution in [2.75, 3.05) is 13.2 Å². The van der Waals surface area contributed by atoms with E-state index in [0.29, 0.717) is 13.2 Å². The normalized spacial score (nSPS) is 10.7. The van der Waals surface area contributed by atoms with E-state index in [1.54, 1.807) is 11.3 Å². The minimum Gasteiger partial charge on any atom is -0.482 e. The summed E-state index contributed by atoms with van der Waals surface area (Å²) in [6.45, 7) is 2.69. The van der Waals surface area contributed by atoms with Gasteiger partial charge in [-0.05, 0) is 28.6 Å². The third-order valence-corrected chi connectivity index (χ3v) is 4.54. The van der Waals surface area contributed by atoms with Gasteiger partial charge in [-0.2, -0.15) is 0 Å². The van der Waals surface area contributed by atoms with Crippen molar-refractivity contribution in [1.29, 1.82) is 0 Å². The highest BCUT2D eigenvalue weighted by Gasteiger charge is 2.03. The molecule has 0 bridgehead atoms. The van der Waals surface area contributed by atoms with Crippen molar-refractivity contribution in [2.24, 2.45) is 5.73 Å². The van der Waals surface area contributed by atoms with E-state index in [1.807, 2.05) is 42.0 Å². The van der Waals surface area contributed by atoms with Gasteiger partial charge in [0, 0.05) is 43.2 Å². The summed E-state index contributed by atoms with van der Waals surface area (Å²) in [6, 6.07) is 14.5. The van der Waals surface area contributed by atoms with Crippen LogP contribution in [0.4, 0.5) is 0 Å². The predicted molar refractivity (Wildman–Crippen MR) is 99.1 cm³/mol. The molecule has 0 radical (unpaired) electrons. The SMILES string of the molecule is NCc1ccsc1OCCNCc1cncc(-c2ccccc2)c1. The van der Waals surface area contributed by atoms with E-state index >= 15 is 0 Å². The zero-order valence-corrected chi connectivity index (χ0v) is 14.3. The molecule has 2 heterocycles. The lowest BCUT2D eigenvalue weighted by atomic mass is 10.1. The smallest absolute Gasteiger partial charge is 0.178 e. The second-order valence-electron chi connectivity index (χ2n) is 5.41. The zero-order chi connectivity index (χ0) is 16.6. The predicted octanol–water partition coefficient (Wildman–Crippen LogP) is 3.44. The number of nitrogens with zero attached hydrogens (tertiary/aromatic N) is 1. The molecular formula is C19H21N3OS. The van der Waals surface area contributed by atoms with Crippen molar-refractivity contribution in [3.05, 3.63) is 71.4 Å². The number of ether oxygens (including phenoxy) is 1. The Kier molecular flexibility index (Phi) is 5.96. The van der Waals surface area contributed by atoms with Crippen LogP contribution in [0.1, 0.15) is 11.1 Å². The van der Waals surface area contributed by atoms with Crippen molar-refractivity contribution < 1.29 is 4.74 Å². The Morgan fingerprint density at radius 2 is 1.96 bits per heavy atom. The number of nitrogens with two attached hydrogens (primary N) is 1. The molecular weight excluding hydrogens is 318 g/mol. The van der Waals surface area contributed by atoms with Crippen LogP contribution in [0.15, 0.2) is 60.2 Å². The van der Waals surface area contributed by atoms with Gasteiger partial charge in [0.05, 0.1) is 0 Å². The summed E-state index contributed by atoms with van der Waals surface area (Å²) in [5, 5.41) is 6.32. The van der Waals surface area contributed by atoms with E-state index in [0.717, 1.165) is 34.8 Å². The molecule has 0 saturated heterocycles. The van der Waals surface area contributed by atoms with E-state index < -0.39 is 0 Å². The number of rotatable bonds is 8. The lowest BCUT2D eigenvalue weighted by molar-refractivity contribution is 0.319. The summed E-state index contributed by atoms with van der Waals surface area (Å²) in [5.74, 6) is 0. The summed E-state index contributed by atoms with van der Waals surface area (Å²) in [7, 11) is 0. The highest BCUT2D eigenvalue weighted by atomic mass is 32.1. The standard InChI is InChI=1S/C19H21N3OS/c20-11-17-6-9-24-19(17)23-8-7-21-12-15-10-18(14-22-13-15)16-4-2-1-3-5-16/h1-6,9-10,13-14,21H,7-8,11-12,20H2. The van der Waals surface area contributed by atoms with Crippen molar-refractivity contribution in [3.8, 4) is 16.2 Å². The Labute approximate surface area is 146 Å². The number of hydrogen-bond acceptors (Lipinski definition) is 5. The summed E-state index contributed by atoms with van der Waals surface area (Å²) < 4.78 is 5.76. The maximum absolute atomic E-state index is 5.76. The average molecular weight is 339 g/mol. The highest BCUT2D eigenvalue weighted by Crippen LogP contribution is 2.25. The van der Waals surface area contributed by atoms with Gasteiger partial charge in [0.25, 0.3) is 0 Å². The fourth-order valence-electron chi connectivity index (χ4n) is 2.42. The number of thiophene rings is 1. The monoisotopic (exact) mass is 339 g/mol. The van der Waals surface area contributed by atoms with Crippen LogP contribution in [0.5, 0.6) is 5.06 Å². The quantitative estimate of drug-likeness (QED) is 0.617. The zero-order valence-electron chi connectivity index (χ0n) is 13.4. The van der Waals surface area contributed by atoms with Crippen LogP contribution in [0.25, 0.3) is 11.1 Å². The first-order valence-electron chi connectivity index (χ1n) is 7.96. The Morgan fingerprint density at radius 1 is 1.08 bits per heavy atom. The Bertz CT molecular complexity index is 758. The number of nitrogens with one attached hydrogen (secondary N) is 1. The van der Waals surface area contributed by atoms with E-state index in [-0.39, 0.29) is 0 Å². The van der Waals surface area contributed by atoms with Gasteiger partial charge in [-0.3, -0.25) is 4.98 Å². The minimum atomic E-state index is 0.518. The number of aromatic nitrogens is 1. The molecule has 0 spiro atoms. The molecule has 3 rings (SSSR count). The first kappa shape index (κ1) is 16.6. The van der Waals surface area contributed by atoms with Gasteiger partial charge in [-0.1, -0.05) is 30.3 Å². The molecule has 5 heteroatoms. The molecule has 3 N–H and O–H groups in total. The van der Waals surface area contributed by atoms with Crippen LogP contribution < -0.4 is 15.8 Å². The lowest BCUT2D eigenvalue weighted by Crippen LogP contribution is -2.20. The molecule has 1 aromatic carbocycles. The van der Waals surface area contributed by atoms with Crippen LogP contribution in [0, 0.1) is 0 Å². The lowest BCUT2D eigenvalue weighted by Gasteiger charge is -2.08. The van der Waals surface area contributed by atoms with Gasteiger partial charge in [-0.25, -0.2) is 0 Å². The maximum Gasteiger partial charge on any atom is 0.178 e. The summed E-state index contributed by atoms with van der Waals surface area (Å²) in [4.78, 5) is 4.34. The molecule has 24 heavy (non-hydrogen) atoms.